The van der Waals surface area contributed by atoms with E-state index in [1.807, 2.05) is 17.8 Å². The van der Waals surface area contributed by atoms with E-state index >= 15 is 0 Å². The van der Waals surface area contributed by atoms with Gasteiger partial charge in [-0.2, -0.15) is 5.10 Å². The van der Waals surface area contributed by atoms with Crippen molar-refractivity contribution in [2.24, 2.45) is 11.7 Å². The molecular formula is C11H19N3O. The maximum absolute atomic E-state index is 5.74. The first-order valence-corrected chi connectivity index (χ1v) is 5.58. The molecule has 0 aliphatic carbocycles. The van der Waals surface area contributed by atoms with Crippen molar-refractivity contribution in [3.8, 4) is 0 Å². The summed E-state index contributed by atoms with van der Waals surface area (Å²) in [5.74, 6) is 0.632. The van der Waals surface area contributed by atoms with Gasteiger partial charge in [-0.1, -0.05) is 0 Å². The molecule has 1 aliphatic heterocycles. The molecule has 1 aliphatic rings. The zero-order valence-corrected chi connectivity index (χ0v) is 9.22. The quantitative estimate of drug-likeness (QED) is 0.798. The average Bonchev–Trinajstić information content (AvgIpc) is 2.77. The molecule has 1 saturated heterocycles. The highest BCUT2D eigenvalue weighted by atomic mass is 16.5. The monoisotopic (exact) mass is 209 g/mol. The number of ether oxygens (including phenoxy) is 1. The van der Waals surface area contributed by atoms with E-state index < -0.39 is 0 Å². The molecule has 0 saturated carbocycles. The number of nitrogens with two attached hydrogens (primary N) is 1. The van der Waals surface area contributed by atoms with Crippen LogP contribution in [0.3, 0.4) is 0 Å². The Kier molecular flexibility index (Phi) is 3.38. The van der Waals surface area contributed by atoms with E-state index in [9.17, 15) is 0 Å². The van der Waals surface area contributed by atoms with Crippen molar-refractivity contribution >= 4 is 0 Å². The SMILES string of the molecule is CC(N)Cc1cnn(CC2CCOC2)c1. The van der Waals surface area contributed by atoms with E-state index in [1.54, 1.807) is 0 Å². The van der Waals surface area contributed by atoms with Crippen molar-refractivity contribution < 1.29 is 4.74 Å². The molecule has 2 atom stereocenters. The minimum atomic E-state index is 0.206. The smallest absolute Gasteiger partial charge is 0.0522 e. The molecule has 1 aromatic rings. The Morgan fingerprint density at radius 3 is 3.27 bits per heavy atom. The topological polar surface area (TPSA) is 53.1 Å². The first-order valence-electron chi connectivity index (χ1n) is 5.58. The fraction of sp³-hybridized carbons (Fsp3) is 0.727. The summed E-state index contributed by atoms with van der Waals surface area (Å²) >= 11 is 0. The Bertz CT molecular complexity index is 303. The molecular weight excluding hydrogens is 190 g/mol. The maximum Gasteiger partial charge on any atom is 0.0522 e. The zero-order chi connectivity index (χ0) is 10.7. The molecule has 0 amide bonds. The van der Waals surface area contributed by atoms with Gasteiger partial charge in [0.2, 0.25) is 0 Å². The van der Waals surface area contributed by atoms with Gasteiger partial charge in [0.15, 0.2) is 0 Å². The lowest BCUT2D eigenvalue weighted by Gasteiger charge is -2.06. The number of hydrogen-bond acceptors (Lipinski definition) is 3. The lowest BCUT2D eigenvalue weighted by molar-refractivity contribution is 0.181. The van der Waals surface area contributed by atoms with E-state index in [0.717, 1.165) is 32.6 Å². The summed E-state index contributed by atoms with van der Waals surface area (Å²) in [7, 11) is 0. The molecule has 0 bridgehead atoms. The van der Waals surface area contributed by atoms with Crippen LogP contribution in [-0.2, 0) is 17.7 Å². The third kappa shape index (κ3) is 3.04. The summed E-state index contributed by atoms with van der Waals surface area (Å²) in [5.41, 5.74) is 6.97. The Labute approximate surface area is 90.4 Å². The predicted molar refractivity (Wildman–Crippen MR) is 58.5 cm³/mol. The van der Waals surface area contributed by atoms with Gasteiger partial charge in [0.25, 0.3) is 0 Å². The van der Waals surface area contributed by atoms with Gasteiger partial charge >= 0.3 is 0 Å². The van der Waals surface area contributed by atoms with E-state index in [1.165, 1.54) is 5.56 Å². The van der Waals surface area contributed by atoms with Crippen molar-refractivity contribution in [2.75, 3.05) is 13.2 Å². The molecule has 4 heteroatoms. The van der Waals surface area contributed by atoms with E-state index in [0.29, 0.717) is 5.92 Å². The summed E-state index contributed by atoms with van der Waals surface area (Å²) in [4.78, 5) is 0. The van der Waals surface area contributed by atoms with Gasteiger partial charge in [-0.15, -0.1) is 0 Å². The number of aromatic nitrogens is 2. The van der Waals surface area contributed by atoms with Crippen molar-refractivity contribution in [1.29, 1.82) is 0 Å². The van der Waals surface area contributed by atoms with E-state index in [4.69, 9.17) is 10.5 Å². The Morgan fingerprint density at radius 1 is 1.73 bits per heavy atom. The first-order chi connectivity index (χ1) is 7.24. The number of hydrogen-bond donors (Lipinski definition) is 1. The fourth-order valence-electron chi connectivity index (χ4n) is 1.98. The van der Waals surface area contributed by atoms with Crippen LogP contribution in [-0.4, -0.2) is 29.0 Å². The van der Waals surface area contributed by atoms with Gasteiger partial charge < -0.3 is 10.5 Å². The van der Waals surface area contributed by atoms with E-state index in [2.05, 4.69) is 11.3 Å². The minimum absolute atomic E-state index is 0.206. The van der Waals surface area contributed by atoms with Crippen molar-refractivity contribution in [2.45, 2.75) is 32.4 Å². The largest absolute Gasteiger partial charge is 0.381 e. The summed E-state index contributed by atoms with van der Waals surface area (Å²) in [5, 5.41) is 4.34. The molecule has 0 radical (unpaired) electrons. The molecule has 0 aromatic carbocycles. The number of nitrogens with zero attached hydrogens (tertiary/aromatic N) is 2. The summed E-state index contributed by atoms with van der Waals surface area (Å²) in [6, 6.07) is 0.206. The highest BCUT2D eigenvalue weighted by molar-refractivity contribution is 5.05. The van der Waals surface area contributed by atoms with Crippen LogP contribution in [0.5, 0.6) is 0 Å². The molecule has 0 spiro atoms. The minimum Gasteiger partial charge on any atom is -0.381 e. The first kappa shape index (κ1) is 10.6. The van der Waals surface area contributed by atoms with Crippen LogP contribution in [0.1, 0.15) is 18.9 Å². The second-order valence-corrected chi connectivity index (χ2v) is 4.48. The predicted octanol–water partition coefficient (Wildman–Crippen LogP) is 0.809. The summed E-state index contributed by atoms with van der Waals surface area (Å²) in [6.45, 7) is 4.77. The van der Waals surface area contributed by atoms with Crippen LogP contribution in [0, 0.1) is 5.92 Å². The van der Waals surface area contributed by atoms with Crippen molar-refractivity contribution in [1.82, 2.24) is 9.78 Å². The van der Waals surface area contributed by atoms with Gasteiger partial charge in [0.1, 0.15) is 0 Å². The molecule has 84 valence electrons. The second-order valence-electron chi connectivity index (χ2n) is 4.48. The van der Waals surface area contributed by atoms with Gasteiger partial charge in [-0.05, 0) is 25.3 Å². The molecule has 1 fully saturated rings. The maximum atomic E-state index is 5.74. The molecule has 2 rings (SSSR count). The molecule has 2 N–H and O–H groups in total. The zero-order valence-electron chi connectivity index (χ0n) is 9.22. The van der Waals surface area contributed by atoms with Gasteiger partial charge in [-0.25, -0.2) is 0 Å². The fourth-order valence-corrected chi connectivity index (χ4v) is 1.98. The highest BCUT2D eigenvalue weighted by Gasteiger charge is 2.16. The Hall–Kier alpha value is -0.870. The molecule has 2 unspecified atom stereocenters. The number of rotatable bonds is 4. The summed E-state index contributed by atoms with van der Waals surface area (Å²) < 4.78 is 7.35. The van der Waals surface area contributed by atoms with Crippen LogP contribution in [0.2, 0.25) is 0 Å². The molecule has 1 aromatic heterocycles. The third-order valence-electron chi connectivity index (χ3n) is 2.71. The van der Waals surface area contributed by atoms with Crippen LogP contribution < -0.4 is 5.73 Å². The lowest BCUT2D eigenvalue weighted by atomic mass is 10.1. The normalized spacial score (nSPS) is 23.2. The van der Waals surface area contributed by atoms with Crippen LogP contribution in [0.15, 0.2) is 12.4 Å². The highest BCUT2D eigenvalue weighted by Crippen LogP contribution is 2.14. The van der Waals surface area contributed by atoms with Gasteiger partial charge in [-0.3, -0.25) is 4.68 Å². The average molecular weight is 209 g/mol. The Morgan fingerprint density at radius 2 is 2.60 bits per heavy atom. The molecule has 4 nitrogen and oxygen atoms in total. The second kappa shape index (κ2) is 4.77. The standard InChI is InChI=1S/C11H19N3O/c1-9(12)4-11-5-13-14(7-11)6-10-2-3-15-8-10/h5,7,9-10H,2-4,6,8,12H2,1H3. The lowest BCUT2D eigenvalue weighted by Crippen LogP contribution is -2.17. The van der Waals surface area contributed by atoms with Crippen molar-refractivity contribution in [3.05, 3.63) is 18.0 Å². The molecule has 2 heterocycles. The third-order valence-corrected chi connectivity index (χ3v) is 2.71. The van der Waals surface area contributed by atoms with Gasteiger partial charge in [0, 0.05) is 31.3 Å². The van der Waals surface area contributed by atoms with Gasteiger partial charge in [0.05, 0.1) is 12.8 Å². The van der Waals surface area contributed by atoms with E-state index in [-0.39, 0.29) is 6.04 Å². The van der Waals surface area contributed by atoms with Crippen LogP contribution in [0.4, 0.5) is 0 Å². The van der Waals surface area contributed by atoms with Crippen molar-refractivity contribution in [3.63, 3.8) is 0 Å². The molecule has 15 heavy (non-hydrogen) atoms. The van der Waals surface area contributed by atoms with Crippen LogP contribution in [0.25, 0.3) is 0 Å². The summed E-state index contributed by atoms with van der Waals surface area (Å²) in [6.07, 6.45) is 6.07. The Balaban J connectivity index is 1.88. The van der Waals surface area contributed by atoms with Crippen LogP contribution >= 0.6 is 0 Å².